The van der Waals surface area contributed by atoms with Gasteiger partial charge in [0.15, 0.2) is 0 Å². The first-order valence-electron chi connectivity index (χ1n) is 5.98. The Bertz CT molecular complexity index is 711. The second kappa shape index (κ2) is 6.42. The van der Waals surface area contributed by atoms with E-state index in [-0.39, 0.29) is 22.9 Å². The number of nitro groups is 1. The van der Waals surface area contributed by atoms with Crippen molar-refractivity contribution in [1.29, 1.82) is 0 Å². The second-order valence-electron chi connectivity index (χ2n) is 4.15. The molecule has 0 amide bonds. The van der Waals surface area contributed by atoms with Gasteiger partial charge in [-0.3, -0.25) is 10.1 Å². The maximum atomic E-state index is 11.7. The monoisotopic (exact) mass is 340 g/mol. The van der Waals surface area contributed by atoms with E-state index in [2.05, 4.69) is 9.05 Å². The van der Waals surface area contributed by atoms with Gasteiger partial charge in [-0.15, -0.1) is 0 Å². The third-order valence-corrected chi connectivity index (χ3v) is 3.41. The molecule has 0 aliphatic rings. The maximum absolute atomic E-state index is 11.7. The first kappa shape index (κ1) is 16.4. The summed E-state index contributed by atoms with van der Waals surface area (Å²) >= 11 is 0. The van der Waals surface area contributed by atoms with Crippen molar-refractivity contribution in [2.75, 3.05) is 0 Å². The molecular weight excluding hydrogens is 331 g/mol. The average molecular weight is 340 g/mol. The van der Waals surface area contributed by atoms with Crippen molar-refractivity contribution >= 4 is 19.2 Å². The van der Waals surface area contributed by atoms with Crippen LogP contribution in [0.2, 0.25) is 0 Å². The minimum atomic E-state index is -4.79. The second-order valence-corrected chi connectivity index (χ2v) is 5.41. The molecular formula is C12H9N2O8P. The topological polar surface area (TPSA) is 142 Å². The Kier molecular flexibility index (Phi) is 4.58. The van der Waals surface area contributed by atoms with Crippen LogP contribution in [0.15, 0.2) is 48.5 Å². The van der Waals surface area contributed by atoms with Crippen LogP contribution in [0, 0.1) is 15.0 Å². The summed E-state index contributed by atoms with van der Waals surface area (Å²) in [5.74, 6) is -0.303. The normalized spacial score (nSPS) is 12.9. The van der Waals surface area contributed by atoms with Gasteiger partial charge in [-0.25, -0.2) is 9.77 Å². The van der Waals surface area contributed by atoms with Crippen molar-refractivity contribution in [3.05, 3.63) is 63.6 Å². The molecule has 1 N–H and O–H groups in total. The predicted octanol–water partition coefficient (Wildman–Crippen LogP) is 2.32. The molecule has 0 aromatic heterocycles. The molecule has 1 unspecified atom stereocenters. The fraction of sp³-hybridized carbons (Fsp3) is 0. The van der Waals surface area contributed by atoms with E-state index in [0.29, 0.717) is 0 Å². The average Bonchev–Trinajstić information content (AvgIpc) is 2.47. The van der Waals surface area contributed by atoms with Crippen LogP contribution >= 0.6 is 7.82 Å². The van der Waals surface area contributed by atoms with Crippen molar-refractivity contribution in [3.63, 3.8) is 0 Å². The van der Waals surface area contributed by atoms with Gasteiger partial charge in [0, 0.05) is 24.3 Å². The molecule has 2 rings (SSSR count). The minimum absolute atomic E-state index is 0.116. The van der Waals surface area contributed by atoms with Gasteiger partial charge in [-0.05, 0) is 24.3 Å². The quantitative estimate of drug-likeness (QED) is 0.479. The lowest BCUT2D eigenvalue weighted by Crippen LogP contribution is -2.13. The fourth-order valence-electron chi connectivity index (χ4n) is 1.54. The van der Waals surface area contributed by atoms with Crippen molar-refractivity contribution in [3.8, 4) is 11.5 Å². The summed E-state index contributed by atoms with van der Waals surface area (Å²) in [5, 5.41) is 19.1. The number of non-ortho nitro benzene ring substituents is 1. The molecule has 11 heteroatoms. The van der Waals surface area contributed by atoms with E-state index in [1.165, 1.54) is 0 Å². The molecule has 0 aliphatic carbocycles. The van der Waals surface area contributed by atoms with Crippen LogP contribution in [0.1, 0.15) is 0 Å². The lowest BCUT2D eigenvalue weighted by molar-refractivity contribution is -0.729. The van der Waals surface area contributed by atoms with Gasteiger partial charge >= 0.3 is 13.5 Å². The Morgan fingerprint density at radius 2 is 1.26 bits per heavy atom. The van der Waals surface area contributed by atoms with E-state index in [9.17, 15) is 24.5 Å². The highest BCUT2D eigenvalue weighted by Gasteiger charge is 2.16. The Hall–Kier alpha value is -2.97. The summed E-state index contributed by atoms with van der Waals surface area (Å²) in [6.45, 7) is 0. The third kappa shape index (κ3) is 4.50. The van der Waals surface area contributed by atoms with Crippen LogP contribution in [0.25, 0.3) is 0 Å². The van der Waals surface area contributed by atoms with Crippen LogP contribution in [0.5, 0.6) is 11.5 Å². The number of benzene rings is 2. The van der Waals surface area contributed by atoms with Gasteiger partial charge in [-0.2, -0.15) is 0 Å². The lowest BCUT2D eigenvalue weighted by Gasteiger charge is -2.23. The summed E-state index contributed by atoms with van der Waals surface area (Å²) in [6.07, 6.45) is 0. The lowest BCUT2D eigenvalue weighted by atomic mass is 10.3. The molecule has 0 radical (unpaired) electrons. The number of rotatable bonds is 6. The highest BCUT2D eigenvalue weighted by atomic mass is 31.2. The SMILES string of the molecule is O=[N+]([O-])c1ccc(OP(=O)([O-])Oc2ccc([N+](=O)O)cc2)cc1. The first-order chi connectivity index (χ1) is 10.8. The smallest absolute Gasteiger partial charge is 0.372 e. The highest BCUT2D eigenvalue weighted by molar-refractivity contribution is 7.46. The molecule has 0 fully saturated rings. The van der Waals surface area contributed by atoms with E-state index in [1.807, 2.05) is 0 Å². The van der Waals surface area contributed by atoms with Crippen molar-refractivity contribution in [2.45, 2.75) is 0 Å². The molecule has 2 aromatic rings. The number of nitro benzene ring substituents is 1. The molecule has 120 valence electrons. The Balaban J connectivity index is 2.07. The summed E-state index contributed by atoms with van der Waals surface area (Å²) in [7, 11) is -4.79. The standard InChI is InChI=1S/C12H9N2O8P/c15-13(16)9-1-5-11(6-2-9)21-23(19,20)22-12-7-3-10(4-8-12)14(17)18/h1-8H,(H-,15,16,19,20). The zero-order chi connectivity index (χ0) is 17.0. The van der Waals surface area contributed by atoms with Gasteiger partial charge in [0.2, 0.25) is 0 Å². The van der Waals surface area contributed by atoms with E-state index < -0.39 is 17.7 Å². The molecule has 0 heterocycles. The zero-order valence-electron chi connectivity index (χ0n) is 11.3. The molecule has 23 heavy (non-hydrogen) atoms. The van der Waals surface area contributed by atoms with Crippen molar-refractivity contribution in [2.24, 2.45) is 0 Å². The van der Waals surface area contributed by atoms with Crippen molar-refractivity contribution < 1.29 is 33.6 Å². The van der Waals surface area contributed by atoms with E-state index >= 15 is 0 Å². The molecule has 2 aromatic carbocycles. The van der Waals surface area contributed by atoms with Gasteiger partial charge in [0.05, 0.1) is 9.83 Å². The number of phosphoric acid groups is 1. The van der Waals surface area contributed by atoms with E-state index in [0.717, 1.165) is 48.5 Å². The van der Waals surface area contributed by atoms with Crippen molar-refractivity contribution in [1.82, 2.24) is 0 Å². The van der Waals surface area contributed by atoms with E-state index in [1.54, 1.807) is 0 Å². The molecule has 0 spiro atoms. The Labute approximate surface area is 128 Å². The van der Waals surface area contributed by atoms with Crippen LogP contribution in [0.3, 0.4) is 0 Å². The highest BCUT2D eigenvalue weighted by Crippen LogP contribution is 2.41. The fourth-order valence-corrected chi connectivity index (χ4v) is 2.34. The molecule has 10 nitrogen and oxygen atoms in total. The van der Waals surface area contributed by atoms with Gasteiger partial charge < -0.3 is 13.9 Å². The Morgan fingerprint density at radius 1 is 0.870 bits per heavy atom. The summed E-state index contributed by atoms with van der Waals surface area (Å²) in [4.78, 5) is 31.8. The molecule has 0 bridgehead atoms. The zero-order valence-corrected chi connectivity index (χ0v) is 12.2. The molecule has 0 aliphatic heterocycles. The Morgan fingerprint density at radius 3 is 1.61 bits per heavy atom. The van der Waals surface area contributed by atoms with Gasteiger partial charge in [0.1, 0.15) is 11.5 Å². The number of hydrogen-bond donors (Lipinski definition) is 1. The number of phosphoric ester groups is 1. The predicted molar refractivity (Wildman–Crippen MR) is 73.5 cm³/mol. The van der Waals surface area contributed by atoms with Crippen LogP contribution in [-0.2, 0) is 4.57 Å². The van der Waals surface area contributed by atoms with E-state index in [4.69, 9.17) is 5.21 Å². The minimum Gasteiger partial charge on any atom is -0.736 e. The summed E-state index contributed by atoms with van der Waals surface area (Å²) in [6, 6.07) is 8.91. The maximum Gasteiger partial charge on any atom is 0.372 e. The number of hydrogen-bond acceptors (Lipinski definition) is 7. The van der Waals surface area contributed by atoms with Gasteiger partial charge in [-0.1, -0.05) is 0 Å². The summed E-state index contributed by atoms with van der Waals surface area (Å²) < 4.78 is 21.0. The van der Waals surface area contributed by atoms with Crippen LogP contribution in [0.4, 0.5) is 11.4 Å². The number of nitrogens with zero attached hydrogens (tertiary/aromatic N) is 2. The molecule has 0 saturated carbocycles. The molecule has 0 saturated heterocycles. The largest absolute Gasteiger partial charge is 0.736 e. The third-order valence-electron chi connectivity index (χ3n) is 2.54. The molecule has 1 atom stereocenters. The van der Waals surface area contributed by atoms with Crippen LogP contribution in [-0.4, -0.2) is 15.1 Å². The summed E-state index contributed by atoms with van der Waals surface area (Å²) in [5.41, 5.74) is -0.338. The first-order valence-corrected chi connectivity index (χ1v) is 7.44. The van der Waals surface area contributed by atoms with Gasteiger partial charge in [0.25, 0.3) is 10.6 Å². The van der Waals surface area contributed by atoms with Crippen LogP contribution < -0.4 is 13.9 Å².